The molecule has 1 aromatic heterocycles. The number of nitrogens with zero attached hydrogens (tertiary/aromatic N) is 1. The lowest BCUT2D eigenvalue weighted by molar-refractivity contribution is -0.115. The number of pyridine rings is 1. The first-order chi connectivity index (χ1) is 8.95. The fourth-order valence-corrected chi connectivity index (χ4v) is 2.15. The summed E-state index contributed by atoms with van der Waals surface area (Å²) in [5.41, 5.74) is 0.491. The van der Waals surface area contributed by atoms with Gasteiger partial charge in [0.2, 0.25) is 5.91 Å². The van der Waals surface area contributed by atoms with Crippen molar-refractivity contribution in [1.82, 2.24) is 10.3 Å². The lowest BCUT2D eigenvalue weighted by atomic mass is 10.4. The molecule has 2 N–H and O–H groups in total. The van der Waals surface area contributed by atoms with Gasteiger partial charge >= 0.3 is 0 Å². The molecule has 1 heterocycles. The van der Waals surface area contributed by atoms with Crippen LogP contribution in [0.25, 0.3) is 0 Å². The summed E-state index contributed by atoms with van der Waals surface area (Å²) in [5.74, 6) is 0.568. The van der Waals surface area contributed by atoms with Gasteiger partial charge in [-0.2, -0.15) is 0 Å². The molecule has 19 heavy (non-hydrogen) atoms. The van der Waals surface area contributed by atoms with Crippen molar-refractivity contribution in [3.63, 3.8) is 0 Å². The van der Waals surface area contributed by atoms with Gasteiger partial charge in [-0.25, -0.2) is 13.4 Å². The van der Waals surface area contributed by atoms with E-state index in [0.717, 1.165) is 18.7 Å². The van der Waals surface area contributed by atoms with E-state index in [1.54, 1.807) is 0 Å². The maximum atomic E-state index is 11.6. The molecule has 6 nitrogen and oxygen atoms in total. The summed E-state index contributed by atoms with van der Waals surface area (Å²) in [5, 5.41) is 5.73. The molecule has 0 unspecified atom stereocenters. The average Bonchev–Trinajstić information content (AvgIpc) is 3.12. The molecular formula is C12H17N3O3S. The highest BCUT2D eigenvalue weighted by atomic mass is 32.2. The average molecular weight is 283 g/mol. The molecule has 0 bridgehead atoms. The summed E-state index contributed by atoms with van der Waals surface area (Å²) >= 11 is 0. The number of carbonyl (C=O) groups is 1. The zero-order chi connectivity index (χ0) is 13.9. The lowest BCUT2D eigenvalue weighted by Crippen LogP contribution is -2.29. The topological polar surface area (TPSA) is 88.2 Å². The van der Waals surface area contributed by atoms with E-state index in [4.69, 9.17) is 0 Å². The van der Waals surface area contributed by atoms with Crippen molar-refractivity contribution in [2.45, 2.75) is 17.9 Å². The van der Waals surface area contributed by atoms with Gasteiger partial charge in [0.1, 0.15) is 0 Å². The molecule has 104 valence electrons. The van der Waals surface area contributed by atoms with Crippen LogP contribution in [0, 0.1) is 5.92 Å². The smallest absolute Gasteiger partial charge is 0.238 e. The molecule has 7 heteroatoms. The molecule has 1 fully saturated rings. The van der Waals surface area contributed by atoms with Crippen molar-refractivity contribution in [3.05, 3.63) is 18.3 Å². The first-order valence-electron chi connectivity index (χ1n) is 6.12. The van der Waals surface area contributed by atoms with Gasteiger partial charge < -0.3 is 10.6 Å². The van der Waals surface area contributed by atoms with Gasteiger partial charge in [-0.1, -0.05) is 0 Å². The van der Waals surface area contributed by atoms with Crippen LogP contribution in [-0.4, -0.2) is 38.7 Å². The quantitative estimate of drug-likeness (QED) is 0.790. The normalized spacial score (nSPS) is 15.2. The summed E-state index contributed by atoms with van der Waals surface area (Å²) in [6.07, 6.45) is 4.92. The number of sulfone groups is 1. The Morgan fingerprint density at radius 1 is 1.42 bits per heavy atom. The monoisotopic (exact) mass is 283 g/mol. The van der Waals surface area contributed by atoms with E-state index in [1.165, 1.54) is 31.2 Å². The van der Waals surface area contributed by atoms with Crippen LogP contribution < -0.4 is 10.6 Å². The molecule has 2 rings (SSSR count). The maximum Gasteiger partial charge on any atom is 0.238 e. The summed E-state index contributed by atoms with van der Waals surface area (Å²) in [7, 11) is -3.30. The van der Waals surface area contributed by atoms with E-state index in [1.807, 2.05) is 0 Å². The number of rotatable bonds is 6. The molecule has 1 saturated carbocycles. The number of amides is 1. The van der Waals surface area contributed by atoms with Gasteiger partial charge in [-0.15, -0.1) is 0 Å². The van der Waals surface area contributed by atoms with Crippen LogP contribution >= 0.6 is 0 Å². The van der Waals surface area contributed by atoms with E-state index >= 15 is 0 Å². The number of hydrogen-bond acceptors (Lipinski definition) is 5. The fourth-order valence-electron chi connectivity index (χ4n) is 1.59. The number of anilines is 1. The molecule has 0 radical (unpaired) electrons. The van der Waals surface area contributed by atoms with E-state index < -0.39 is 9.84 Å². The molecule has 1 aromatic rings. The van der Waals surface area contributed by atoms with Crippen molar-refractivity contribution in [3.8, 4) is 0 Å². The van der Waals surface area contributed by atoms with E-state index in [9.17, 15) is 13.2 Å². The Morgan fingerprint density at radius 2 is 2.16 bits per heavy atom. The standard InChI is InChI=1S/C12H17N3O3S/c1-19(17,18)12-5-4-10(7-14-12)15-11(16)8-13-6-9-2-3-9/h4-5,7,9,13H,2-3,6,8H2,1H3,(H,15,16). The Balaban J connectivity index is 1.82. The highest BCUT2D eigenvalue weighted by Crippen LogP contribution is 2.27. The van der Waals surface area contributed by atoms with Crippen LogP contribution in [0.4, 0.5) is 5.69 Å². The van der Waals surface area contributed by atoms with Gasteiger partial charge in [0.05, 0.1) is 18.4 Å². The SMILES string of the molecule is CS(=O)(=O)c1ccc(NC(=O)CNCC2CC2)cn1. The van der Waals surface area contributed by atoms with Crippen LogP contribution in [0.1, 0.15) is 12.8 Å². The Labute approximate surface area is 112 Å². The maximum absolute atomic E-state index is 11.6. The predicted molar refractivity (Wildman–Crippen MR) is 71.6 cm³/mol. The van der Waals surface area contributed by atoms with E-state index in [-0.39, 0.29) is 17.5 Å². The minimum absolute atomic E-state index is 0.00245. The highest BCUT2D eigenvalue weighted by molar-refractivity contribution is 7.90. The Morgan fingerprint density at radius 3 is 2.68 bits per heavy atom. The first-order valence-corrected chi connectivity index (χ1v) is 8.01. The largest absolute Gasteiger partial charge is 0.324 e. The number of nitrogens with one attached hydrogen (secondary N) is 2. The second kappa shape index (κ2) is 5.66. The third-order valence-electron chi connectivity index (χ3n) is 2.82. The van der Waals surface area contributed by atoms with Crippen molar-refractivity contribution in [2.75, 3.05) is 24.7 Å². The summed E-state index contributed by atoms with van der Waals surface area (Å²) in [4.78, 5) is 15.4. The van der Waals surface area contributed by atoms with Crippen LogP contribution in [0.2, 0.25) is 0 Å². The molecule has 0 aromatic carbocycles. The molecule has 1 aliphatic rings. The number of aromatic nitrogens is 1. The molecular weight excluding hydrogens is 266 g/mol. The highest BCUT2D eigenvalue weighted by Gasteiger charge is 2.20. The van der Waals surface area contributed by atoms with Gasteiger partial charge in [0.15, 0.2) is 14.9 Å². The van der Waals surface area contributed by atoms with Crippen LogP contribution in [0.5, 0.6) is 0 Å². The van der Waals surface area contributed by atoms with E-state index in [2.05, 4.69) is 15.6 Å². The van der Waals surface area contributed by atoms with Gasteiger partial charge in [-0.3, -0.25) is 4.79 Å². The number of hydrogen-bond donors (Lipinski definition) is 2. The minimum Gasteiger partial charge on any atom is -0.324 e. The Hall–Kier alpha value is -1.47. The van der Waals surface area contributed by atoms with Crippen molar-refractivity contribution in [2.24, 2.45) is 5.92 Å². The van der Waals surface area contributed by atoms with Gasteiger partial charge in [0, 0.05) is 6.26 Å². The zero-order valence-electron chi connectivity index (χ0n) is 10.7. The van der Waals surface area contributed by atoms with Gasteiger partial charge in [0.25, 0.3) is 0 Å². The summed E-state index contributed by atoms with van der Waals surface area (Å²) in [6, 6.07) is 2.91. The predicted octanol–water partition coefficient (Wildman–Crippen LogP) is 0.423. The summed E-state index contributed by atoms with van der Waals surface area (Å²) in [6.45, 7) is 1.13. The fraction of sp³-hybridized carbons (Fsp3) is 0.500. The first kappa shape index (κ1) is 14.0. The Bertz CT molecular complexity index is 550. The van der Waals surface area contributed by atoms with Crippen molar-refractivity contribution in [1.29, 1.82) is 0 Å². The molecule has 0 atom stereocenters. The van der Waals surface area contributed by atoms with Gasteiger partial charge in [-0.05, 0) is 37.4 Å². The molecule has 1 amide bonds. The number of carbonyl (C=O) groups excluding carboxylic acids is 1. The minimum atomic E-state index is -3.30. The molecule has 1 aliphatic carbocycles. The second-order valence-corrected chi connectivity index (χ2v) is 6.74. The lowest BCUT2D eigenvalue weighted by Gasteiger charge is -2.06. The second-order valence-electron chi connectivity index (χ2n) is 4.78. The summed E-state index contributed by atoms with van der Waals surface area (Å²) < 4.78 is 22.4. The third kappa shape index (κ3) is 4.60. The van der Waals surface area contributed by atoms with Crippen LogP contribution in [-0.2, 0) is 14.6 Å². The molecule has 0 saturated heterocycles. The van der Waals surface area contributed by atoms with E-state index in [0.29, 0.717) is 5.69 Å². The molecule has 0 aliphatic heterocycles. The third-order valence-corrected chi connectivity index (χ3v) is 3.82. The van der Waals surface area contributed by atoms with Crippen molar-refractivity contribution >= 4 is 21.4 Å². The van der Waals surface area contributed by atoms with Crippen LogP contribution in [0.15, 0.2) is 23.4 Å². The molecule has 0 spiro atoms. The zero-order valence-corrected chi connectivity index (χ0v) is 11.5. The van der Waals surface area contributed by atoms with Crippen molar-refractivity contribution < 1.29 is 13.2 Å². The van der Waals surface area contributed by atoms with Crippen LogP contribution in [0.3, 0.4) is 0 Å². The Kier molecular flexibility index (Phi) is 4.16.